The van der Waals surface area contributed by atoms with Crippen LogP contribution in [0.25, 0.3) is 0 Å². The summed E-state index contributed by atoms with van der Waals surface area (Å²) in [5, 5.41) is 7.66. The second-order valence-corrected chi connectivity index (χ2v) is 7.64. The normalized spacial score (nSPS) is 11.4. The van der Waals surface area contributed by atoms with Gasteiger partial charge < -0.3 is 10.1 Å². The molecule has 6 nitrogen and oxygen atoms in total. The largest absolute Gasteiger partial charge is 0.484 e. The van der Waals surface area contributed by atoms with Gasteiger partial charge in [0.05, 0.1) is 4.90 Å². The molecule has 0 aliphatic heterocycles. The molecule has 0 radical (unpaired) electrons. The zero-order chi connectivity index (χ0) is 18.6. The minimum absolute atomic E-state index is 0.0638. The predicted octanol–water partition coefficient (Wildman–Crippen LogP) is 2.78. The Bertz CT molecular complexity index is 876. The van der Waals surface area contributed by atoms with E-state index in [1.807, 2.05) is 25.1 Å². The second kappa shape index (κ2) is 7.67. The van der Waals surface area contributed by atoms with Crippen LogP contribution in [0.2, 0.25) is 0 Å². The summed E-state index contributed by atoms with van der Waals surface area (Å²) in [4.78, 5) is 11.9. The number of amides is 1. The minimum Gasteiger partial charge on any atom is -0.484 e. The third kappa shape index (κ3) is 5.30. The molecule has 0 aromatic heterocycles. The van der Waals surface area contributed by atoms with Crippen LogP contribution in [0.1, 0.15) is 30.9 Å². The van der Waals surface area contributed by atoms with Crippen molar-refractivity contribution in [2.45, 2.75) is 31.6 Å². The minimum atomic E-state index is -3.81. The summed E-state index contributed by atoms with van der Waals surface area (Å²) in [6.07, 6.45) is 0. The summed E-state index contributed by atoms with van der Waals surface area (Å²) in [6.45, 7) is 6.05. The Balaban J connectivity index is 1.98. The number of benzene rings is 2. The number of aryl methyl sites for hydroxylation is 1. The average Bonchev–Trinajstić information content (AvgIpc) is 2.52. The lowest BCUT2D eigenvalue weighted by Gasteiger charge is -2.12. The highest BCUT2D eigenvalue weighted by atomic mass is 32.2. The molecule has 0 fully saturated rings. The van der Waals surface area contributed by atoms with Crippen LogP contribution in [0.5, 0.6) is 5.75 Å². The van der Waals surface area contributed by atoms with Crippen LogP contribution >= 0.6 is 0 Å². The van der Waals surface area contributed by atoms with Crippen molar-refractivity contribution in [3.05, 3.63) is 53.6 Å². The molecule has 3 N–H and O–H groups in total. The van der Waals surface area contributed by atoms with Gasteiger partial charge in [-0.2, -0.15) is 0 Å². The zero-order valence-electron chi connectivity index (χ0n) is 14.4. The molecule has 0 spiro atoms. The fraction of sp³-hybridized carbons (Fsp3) is 0.278. The van der Waals surface area contributed by atoms with Crippen LogP contribution in [0.3, 0.4) is 0 Å². The van der Waals surface area contributed by atoms with Gasteiger partial charge in [-0.3, -0.25) is 4.79 Å². The highest BCUT2D eigenvalue weighted by Crippen LogP contribution is 2.23. The van der Waals surface area contributed by atoms with Crippen molar-refractivity contribution >= 4 is 21.6 Å². The van der Waals surface area contributed by atoms with Gasteiger partial charge in [0.2, 0.25) is 10.0 Å². The highest BCUT2D eigenvalue weighted by Gasteiger charge is 2.10. The molecular weight excluding hydrogens is 340 g/mol. The first kappa shape index (κ1) is 19.0. The van der Waals surface area contributed by atoms with E-state index in [0.717, 1.165) is 5.56 Å². The molecule has 0 unspecified atom stereocenters. The van der Waals surface area contributed by atoms with Gasteiger partial charge in [0.15, 0.2) is 6.61 Å². The molecule has 0 atom stereocenters. The number of carbonyl (C=O) groups is 1. The molecule has 7 heteroatoms. The van der Waals surface area contributed by atoms with Gasteiger partial charge in [-0.1, -0.05) is 26.0 Å². The summed E-state index contributed by atoms with van der Waals surface area (Å²) in [7, 11) is -3.81. The third-order valence-corrected chi connectivity index (χ3v) is 4.59. The number of nitrogens with two attached hydrogens (primary N) is 1. The molecule has 2 aromatic rings. The van der Waals surface area contributed by atoms with Gasteiger partial charge in [0, 0.05) is 5.69 Å². The Morgan fingerprint density at radius 1 is 1.20 bits per heavy atom. The quantitative estimate of drug-likeness (QED) is 0.825. The monoisotopic (exact) mass is 362 g/mol. The van der Waals surface area contributed by atoms with Crippen LogP contribution in [0.15, 0.2) is 47.4 Å². The van der Waals surface area contributed by atoms with Crippen molar-refractivity contribution < 1.29 is 17.9 Å². The molecule has 0 bridgehead atoms. The summed E-state index contributed by atoms with van der Waals surface area (Å²) in [5.74, 6) is 0.635. The van der Waals surface area contributed by atoms with Gasteiger partial charge >= 0.3 is 0 Å². The first-order valence-corrected chi connectivity index (χ1v) is 9.37. The van der Waals surface area contributed by atoms with Crippen molar-refractivity contribution in [2.24, 2.45) is 5.14 Å². The summed E-state index contributed by atoms with van der Waals surface area (Å²) < 4.78 is 28.2. The van der Waals surface area contributed by atoms with E-state index in [0.29, 0.717) is 17.4 Å². The molecular formula is C18H22N2O4S. The number of rotatable bonds is 6. The number of primary sulfonamides is 1. The first-order chi connectivity index (χ1) is 11.7. The van der Waals surface area contributed by atoms with E-state index in [4.69, 9.17) is 9.88 Å². The zero-order valence-corrected chi connectivity index (χ0v) is 15.3. The number of nitrogens with one attached hydrogen (secondary N) is 1. The Labute approximate surface area is 148 Å². The lowest BCUT2D eigenvalue weighted by molar-refractivity contribution is -0.118. The molecule has 25 heavy (non-hydrogen) atoms. The second-order valence-electron chi connectivity index (χ2n) is 6.08. The van der Waals surface area contributed by atoms with Crippen LogP contribution in [0.4, 0.5) is 5.69 Å². The molecule has 0 aliphatic carbocycles. The Morgan fingerprint density at radius 2 is 1.92 bits per heavy atom. The number of ether oxygens (including phenoxy) is 1. The maximum Gasteiger partial charge on any atom is 0.262 e. The molecule has 1 amide bonds. The Kier molecular flexibility index (Phi) is 5.81. The van der Waals surface area contributed by atoms with E-state index >= 15 is 0 Å². The van der Waals surface area contributed by atoms with Gasteiger partial charge in [0.25, 0.3) is 5.91 Å². The lowest BCUT2D eigenvalue weighted by Crippen LogP contribution is -2.20. The number of sulfonamides is 1. The van der Waals surface area contributed by atoms with E-state index < -0.39 is 15.9 Å². The van der Waals surface area contributed by atoms with Crippen molar-refractivity contribution in [2.75, 3.05) is 11.9 Å². The smallest absolute Gasteiger partial charge is 0.262 e. The summed E-state index contributed by atoms with van der Waals surface area (Å²) in [6, 6.07) is 11.5. The Morgan fingerprint density at radius 3 is 2.52 bits per heavy atom. The molecule has 134 valence electrons. The van der Waals surface area contributed by atoms with Gasteiger partial charge in [0.1, 0.15) is 5.75 Å². The summed E-state index contributed by atoms with van der Waals surface area (Å²) >= 11 is 0. The van der Waals surface area contributed by atoms with Crippen molar-refractivity contribution in [3.63, 3.8) is 0 Å². The van der Waals surface area contributed by atoms with Gasteiger partial charge in [-0.05, 0) is 54.3 Å². The first-order valence-electron chi connectivity index (χ1n) is 7.83. The predicted molar refractivity (Wildman–Crippen MR) is 97.2 cm³/mol. The van der Waals surface area contributed by atoms with E-state index in [1.54, 1.807) is 6.07 Å². The maximum atomic E-state index is 12.0. The fourth-order valence-corrected chi connectivity index (χ4v) is 3.04. The van der Waals surface area contributed by atoms with E-state index in [-0.39, 0.29) is 11.5 Å². The van der Waals surface area contributed by atoms with Gasteiger partial charge in [-0.25, -0.2) is 13.6 Å². The average molecular weight is 362 g/mol. The van der Waals surface area contributed by atoms with E-state index in [2.05, 4.69) is 19.2 Å². The van der Waals surface area contributed by atoms with Crippen LogP contribution in [0, 0.1) is 6.92 Å². The van der Waals surface area contributed by atoms with Crippen LogP contribution in [-0.4, -0.2) is 20.9 Å². The standard InChI is InChI=1S/C18H22N2O4S/c1-12(2)17-8-7-15(9-13(17)3)24-11-18(21)20-14-5-4-6-16(10-14)25(19,22)23/h4-10,12H,11H2,1-3H3,(H,20,21)(H2,19,22,23). The molecule has 2 rings (SSSR count). The van der Waals surface area contributed by atoms with Crippen LogP contribution < -0.4 is 15.2 Å². The topological polar surface area (TPSA) is 98.5 Å². The molecule has 0 heterocycles. The third-order valence-electron chi connectivity index (χ3n) is 3.68. The number of hydrogen-bond acceptors (Lipinski definition) is 4. The molecule has 2 aromatic carbocycles. The number of carbonyl (C=O) groups excluding carboxylic acids is 1. The SMILES string of the molecule is Cc1cc(OCC(=O)Nc2cccc(S(N)(=O)=O)c2)ccc1C(C)C. The highest BCUT2D eigenvalue weighted by molar-refractivity contribution is 7.89. The Hall–Kier alpha value is -2.38. The number of hydrogen-bond donors (Lipinski definition) is 2. The number of anilines is 1. The fourth-order valence-electron chi connectivity index (χ4n) is 2.48. The van der Waals surface area contributed by atoms with Crippen molar-refractivity contribution in [1.29, 1.82) is 0 Å². The lowest BCUT2D eigenvalue weighted by atomic mass is 9.98. The van der Waals surface area contributed by atoms with Crippen LogP contribution in [-0.2, 0) is 14.8 Å². The molecule has 0 saturated carbocycles. The van der Waals surface area contributed by atoms with Gasteiger partial charge in [-0.15, -0.1) is 0 Å². The van der Waals surface area contributed by atoms with Crippen molar-refractivity contribution in [3.8, 4) is 5.75 Å². The van der Waals surface area contributed by atoms with Crippen molar-refractivity contribution in [1.82, 2.24) is 0 Å². The summed E-state index contributed by atoms with van der Waals surface area (Å²) in [5.41, 5.74) is 2.68. The molecule has 0 saturated heterocycles. The van der Waals surface area contributed by atoms with E-state index in [9.17, 15) is 13.2 Å². The molecule has 0 aliphatic rings. The van der Waals surface area contributed by atoms with E-state index in [1.165, 1.54) is 23.8 Å². The maximum absolute atomic E-state index is 12.0.